The van der Waals surface area contributed by atoms with Crippen molar-refractivity contribution >= 4 is 23.5 Å². The maximum Gasteiger partial charge on any atom is 0.251 e. The molecule has 2 aromatic carbocycles. The topological polar surface area (TPSA) is 85.8 Å². The lowest BCUT2D eigenvalue weighted by atomic mass is 9.92. The lowest BCUT2D eigenvalue weighted by Crippen LogP contribution is -2.31. The summed E-state index contributed by atoms with van der Waals surface area (Å²) in [7, 11) is 5.35. The molecule has 4 rings (SSSR count). The van der Waals surface area contributed by atoms with Crippen LogP contribution in [-0.4, -0.2) is 62.9 Å². The number of nitrogens with one attached hydrogen (secondary N) is 1. The molecular weight excluding hydrogens is 536 g/mol. The number of likely N-dealkylation sites (N-methyl/N-ethyl adjacent to an activating group) is 1. The van der Waals surface area contributed by atoms with Crippen LogP contribution in [0.15, 0.2) is 53.7 Å². The summed E-state index contributed by atoms with van der Waals surface area (Å²) >= 11 is 1.58. The number of thioether (sulfide) groups is 1. The Morgan fingerprint density at radius 2 is 1.88 bits per heavy atom. The first kappa shape index (κ1) is 30.7. The van der Waals surface area contributed by atoms with Gasteiger partial charge in [0, 0.05) is 49.5 Å². The van der Waals surface area contributed by atoms with E-state index in [2.05, 4.69) is 50.2 Å². The van der Waals surface area contributed by atoms with E-state index in [1.807, 2.05) is 36.4 Å². The smallest absolute Gasteiger partial charge is 0.251 e. The highest BCUT2D eigenvalue weighted by Gasteiger charge is 2.20. The van der Waals surface area contributed by atoms with Crippen LogP contribution in [0.5, 0.6) is 11.5 Å². The normalized spacial score (nSPS) is 15.0. The number of nitrogens with zero attached hydrogens (tertiary/aromatic N) is 3. The summed E-state index contributed by atoms with van der Waals surface area (Å²) in [6.07, 6.45) is 3.01. The Kier molecular flexibility index (Phi) is 10.5. The van der Waals surface area contributed by atoms with Crippen molar-refractivity contribution in [2.45, 2.75) is 62.5 Å². The van der Waals surface area contributed by atoms with Crippen LogP contribution in [0.4, 0.5) is 5.82 Å². The zero-order chi connectivity index (χ0) is 29.4. The Morgan fingerprint density at radius 3 is 2.59 bits per heavy atom. The molecule has 1 fully saturated rings. The lowest BCUT2D eigenvalue weighted by molar-refractivity contribution is 0.0857. The molecule has 1 aliphatic heterocycles. The molecule has 0 radical (unpaired) electrons. The lowest BCUT2D eigenvalue weighted by Gasteiger charge is -2.23. The minimum absolute atomic E-state index is 0.0725. The predicted molar refractivity (Wildman–Crippen MR) is 165 cm³/mol. The molecule has 1 amide bonds. The van der Waals surface area contributed by atoms with Gasteiger partial charge in [-0.1, -0.05) is 50.7 Å². The monoisotopic (exact) mass is 578 g/mol. The van der Waals surface area contributed by atoms with Gasteiger partial charge in [-0.25, -0.2) is 9.97 Å². The van der Waals surface area contributed by atoms with Gasteiger partial charge in [0.1, 0.15) is 5.82 Å². The number of ether oxygens (including phenoxy) is 3. The van der Waals surface area contributed by atoms with Crippen molar-refractivity contribution < 1.29 is 19.0 Å². The summed E-state index contributed by atoms with van der Waals surface area (Å²) in [6.45, 7) is 8.60. The third kappa shape index (κ3) is 8.60. The number of aromatic nitrogens is 2. The summed E-state index contributed by atoms with van der Waals surface area (Å²) < 4.78 is 16.5. The molecular formula is C32H42N4O4S. The quantitative estimate of drug-likeness (QED) is 0.217. The van der Waals surface area contributed by atoms with E-state index in [9.17, 15) is 4.79 Å². The molecule has 9 heteroatoms. The Balaban J connectivity index is 1.43. The van der Waals surface area contributed by atoms with Crippen LogP contribution in [0.3, 0.4) is 0 Å². The average molecular weight is 579 g/mol. The molecule has 1 N–H and O–H groups in total. The van der Waals surface area contributed by atoms with Crippen molar-refractivity contribution in [1.82, 2.24) is 15.3 Å². The first-order valence-corrected chi connectivity index (χ1v) is 15.1. The van der Waals surface area contributed by atoms with Gasteiger partial charge < -0.3 is 24.4 Å². The number of methoxy groups -OCH3 is 2. The van der Waals surface area contributed by atoms with Crippen molar-refractivity contribution in [3.8, 4) is 11.5 Å². The van der Waals surface area contributed by atoms with Crippen molar-refractivity contribution in [2.75, 3.05) is 45.9 Å². The maximum absolute atomic E-state index is 12.7. The Labute approximate surface area is 248 Å². The Bertz CT molecular complexity index is 1320. The average Bonchev–Trinajstić information content (AvgIpc) is 3.50. The van der Waals surface area contributed by atoms with E-state index in [1.165, 1.54) is 0 Å². The van der Waals surface area contributed by atoms with Crippen LogP contribution in [0, 0.1) is 0 Å². The summed E-state index contributed by atoms with van der Waals surface area (Å²) in [5.74, 6) is 2.93. The fourth-order valence-corrected chi connectivity index (χ4v) is 5.37. The van der Waals surface area contributed by atoms with E-state index in [-0.39, 0.29) is 17.4 Å². The van der Waals surface area contributed by atoms with Gasteiger partial charge in [0.15, 0.2) is 16.7 Å². The first-order chi connectivity index (χ1) is 19.7. The fraction of sp³-hybridized carbons (Fsp3) is 0.469. The fourth-order valence-electron chi connectivity index (χ4n) is 4.57. The van der Waals surface area contributed by atoms with Crippen LogP contribution in [0.25, 0.3) is 0 Å². The minimum Gasteiger partial charge on any atom is -0.493 e. The van der Waals surface area contributed by atoms with Crippen molar-refractivity contribution in [2.24, 2.45) is 0 Å². The molecule has 0 aliphatic carbocycles. The van der Waals surface area contributed by atoms with Gasteiger partial charge in [-0.2, -0.15) is 0 Å². The van der Waals surface area contributed by atoms with Gasteiger partial charge in [-0.05, 0) is 54.7 Å². The van der Waals surface area contributed by atoms with E-state index in [1.54, 1.807) is 26.0 Å². The van der Waals surface area contributed by atoms with Gasteiger partial charge in [-0.15, -0.1) is 0 Å². The first-order valence-electron chi connectivity index (χ1n) is 14.1. The zero-order valence-corrected chi connectivity index (χ0v) is 25.8. The molecule has 1 aromatic heterocycles. The van der Waals surface area contributed by atoms with Crippen LogP contribution >= 0.6 is 11.8 Å². The molecule has 0 unspecified atom stereocenters. The standard InChI is InChI=1S/C32H42N4O4S/c1-32(2,3)28-19-29(36(4)15-14-22-12-13-26(38-5)27(18-22)39-6)35-31(34-28)41-21-23-9-7-10-24(17-23)30(37)33-20-25-11-8-16-40-25/h7,9-10,12-13,17-19,25H,8,11,14-16,20-21H2,1-6H3,(H,33,37)/t25-/m1/s1. The predicted octanol–water partition coefficient (Wildman–Crippen LogP) is 5.67. The molecule has 1 atom stereocenters. The highest BCUT2D eigenvalue weighted by atomic mass is 32.2. The molecule has 0 bridgehead atoms. The highest BCUT2D eigenvalue weighted by molar-refractivity contribution is 7.98. The number of carbonyl (C=O) groups is 1. The van der Waals surface area contributed by atoms with Gasteiger partial charge in [-0.3, -0.25) is 4.79 Å². The third-order valence-corrected chi connectivity index (χ3v) is 8.03. The number of hydrogen-bond acceptors (Lipinski definition) is 8. The van der Waals surface area contributed by atoms with Gasteiger partial charge in [0.2, 0.25) is 0 Å². The maximum atomic E-state index is 12.7. The summed E-state index contributed by atoms with van der Waals surface area (Å²) in [5.41, 5.74) is 3.73. The number of carbonyl (C=O) groups excluding carboxylic acids is 1. The number of rotatable bonds is 12. The van der Waals surface area contributed by atoms with Crippen molar-refractivity contribution in [1.29, 1.82) is 0 Å². The summed E-state index contributed by atoms with van der Waals surface area (Å²) in [4.78, 5) is 24.7. The number of benzene rings is 2. The molecule has 0 saturated carbocycles. The van der Waals surface area contributed by atoms with Crippen LogP contribution in [0.1, 0.15) is 60.8 Å². The highest BCUT2D eigenvalue weighted by Crippen LogP contribution is 2.30. The van der Waals surface area contributed by atoms with Gasteiger partial charge in [0.05, 0.1) is 26.0 Å². The summed E-state index contributed by atoms with van der Waals surface area (Å²) in [5, 5.41) is 3.73. The largest absolute Gasteiger partial charge is 0.493 e. The molecule has 41 heavy (non-hydrogen) atoms. The molecule has 1 aliphatic rings. The third-order valence-electron chi connectivity index (χ3n) is 7.11. The second-order valence-corrected chi connectivity index (χ2v) is 12.3. The van der Waals surface area contributed by atoms with Gasteiger partial charge in [0.25, 0.3) is 5.91 Å². The molecule has 8 nitrogen and oxygen atoms in total. The van der Waals surface area contributed by atoms with E-state index >= 15 is 0 Å². The van der Waals surface area contributed by atoms with E-state index in [0.717, 1.165) is 71.7 Å². The molecule has 2 heterocycles. The number of hydrogen-bond donors (Lipinski definition) is 1. The van der Waals surface area contributed by atoms with Crippen molar-refractivity contribution in [3.05, 3.63) is 70.9 Å². The minimum atomic E-state index is -0.127. The second kappa shape index (κ2) is 14.0. The van der Waals surface area contributed by atoms with Crippen LogP contribution < -0.4 is 19.7 Å². The second-order valence-electron chi connectivity index (χ2n) is 11.3. The number of anilines is 1. The molecule has 3 aromatic rings. The van der Waals surface area contributed by atoms with E-state index in [0.29, 0.717) is 17.9 Å². The Morgan fingerprint density at radius 1 is 1.07 bits per heavy atom. The van der Waals surface area contributed by atoms with Crippen LogP contribution in [0.2, 0.25) is 0 Å². The van der Waals surface area contributed by atoms with Crippen LogP contribution in [-0.2, 0) is 22.3 Å². The van der Waals surface area contributed by atoms with E-state index in [4.69, 9.17) is 24.2 Å². The van der Waals surface area contributed by atoms with E-state index < -0.39 is 0 Å². The number of amides is 1. The Hall–Kier alpha value is -3.30. The molecule has 1 saturated heterocycles. The van der Waals surface area contributed by atoms with Crippen molar-refractivity contribution in [3.63, 3.8) is 0 Å². The molecule has 0 spiro atoms. The van der Waals surface area contributed by atoms with Gasteiger partial charge >= 0.3 is 0 Å². The molecule has 220 valence electrons. The summed E-state index contributed by atoms with van der Waals surface area (Å²) in [6, 6.07) is 15.9. The zero-order valence-electron chi connectivity index (χ0n) is 25.0. The SMILES string of the molecule is COc1ccc(CCN(C)c2cc(C(C)(C)C)nc(SCc3cccc(C(=O)NC[C@H]4CCCO4)c3)n2)cc1OC.